The number of rotatable bonds is 6. The number of nitrogens with one attached hydrogen (secondary N) is 2. The highest BCUT2D eigenvalue weighted by atomic mass is 16.1. The van der Waals surface area contributed by atoms with E-state index in [4.69, 9.17) is 0 Å². The van der Waals surface area contributed by atoms with Crippen molar-refractivity contribution in [3.05, 3.63) is 57.6 Å². The predicted octanol–water partition coefficient (Wildman–Crippen LogP) is 4.57. The molecule has 3 rings (SSSR count). The summed E-state index contributed by atoms with van der Waals surface area (Å²) in [7, 11) is 0. The summed E-state index contributed by atoms with van der Waals surface area (Å²) < 4.78 is 1.49. The molecule has 2 N–H and O–H groups in total. The van der Waals surface area contributed by atoms with Gasteiger partial charge in [-0.05, 0) is 70.9 Å². The molecule has 0 unspecified atom stereocenters. The number of fused-ring (bicyclic) bond motifs is 1. The lowest BCUT2D eigenvalue weighted by molar-refractivity contribution is 0.866. The number of aromatic nitrogens is 3. The van der Waals surface area contributed by atoms with E-state index in [1.807, 2.05) is 13.8 Å². The van der Waals surface area contributed by atoms with Gasteiger partial charge in [-0.3, -0.25) is 9.89 Å². The van der Waals surface area contributed by atoms with Crippen LogP contribution < -0.4 is 15.8 Å². The lowest BCUT2D eigenvalue weighted by atomic mass is 10.1. The largest absolute Gasteiger partial charge is 0.372 e. The summed E-state index contributed by atoms with van der Waals surface area (Å²) in [5.74, 6) is 0. The summed E-state index contributed by atoms with van der Waals surface area (Å²) in [6.45, 7) is 18.0. The van der Waals surface area contributed by atoms with Crippen molar-refractivity contribution in [2.24, 2.45) is 0 Å². The molecule has 0 aliphatic rings. The quantitative estimate of drug-likeness (QED) is 0.658. The van der Waals surface area contributed by atoms with Gasteiger partial charge in [0, 0.05) is 35.7 Å². The van der Waals surface area contributed by atoms with Crippen molar-refractivity contribution < 1.29 is 0 Å². The summed E-state index contributed by atoms with van der Waals surface area (Å²) in [6, 6.07) is 6.38. The van der Waals surface area contributed by atoms with Crippen LogP contribution in [0.1, 0.15) is 43.3 Å². The normalized spacial score (nSPS) is 11.1. The van der Waals surface area contributed by atoms with Crippen molar-refractivity contribution in [2.75, 3.05) is 23.3 Å². The van der Waals surface area contributed by atoms with E-state index in [1.54, 1.807) is 6.92 Å². The van der Waals surface area contributed by atoms with Gasteiger partial charge in [-0.2, -0.15) is 4.52 Å². The first-order valence-electron chi connectivity index (χ1n) is 9.68. The zero-order valence-corrected chi connectivity index (χ0v) is 17.6. The molecule has 0 spiro atoms. The van der Waals surface area contributed by atoms with Gasteiger partial charge in [0.05, 0.1) is 5.69 Å². The highest BCUT2D eigenvalue weighted by molar-refractivity contribution is 5.85. The van der Waals surface area contributed by atoms with Gasteiger partial charge in [0.25, 0.3) is 5.56 Å². The molecular weight excluding hydrogens is 350 g/mol. The topological polar surface area (TPSA) is 65.4 Å². The highest BCUT2D eigenvalue weighted by Crippen LogP contribution is 2.31. The molecule has 0 radical (unpaired) electrons. The first kappa shape index (κ1) is 19.7. The van der Waals surface area contributed by atoms with Crippen LogP contribution in [0.2, 0.25) is 0 Å². The SMILES string of the molecule is C=C(C)c1[nH]n2c(=O)c(C)c(C)nc2c1Nc1ccc(N(CC)CC)cc1C. The highest BCUT2D eigenvalue weighted by Gasteiger charge is 2.18. The van der Waals surface area contributed by atoms with Crippen LogP contribution in [0, 0.1) is 20.8 Å². The molecule has 0 bridgehead atoms. The van der Waals surface area contributed by atoms with E-state index in [-0.39, 0.29) is 5.56 Å². The molecule has 3 aromatic rings. The second-order valence-electron chi connectivity index (χ2n) is 7.23. The predicted molar refractivity (Wildman–Crippen MR) is 118 cm³/mol. The van der Waals surface area contributed by atoms with E-state index in [0.29, 0.717) is 11.2 Å². The summed E-state index contributed by atoms with van der Waals surface area (Å²) >= 11 is 0. The number of aromatic amines is 1. The van der Waals surface area contributed by atoms with E-state index in [9.17, 15) is 4.79 Å². The molecule has 0 saturated carbocycles. The second kappa shape index (κ2) is 7.54. The molecule has 2 aromatic heterocycles. The van der Waals surface area contributed by atoms with E-state index < -0.39 is 0 Å². The van der Waals surface area contributed by atoms with Crippen LogP contribution in [0.25, 0.3) is 11.2 Å². The fourth-order valence-electron chi connectivity index (χ4n) is 3.40. The Morgan fingerprint density at radius 3 is 2.50 bits per heavy atom. The van der Waals surface area contributed by atoms with Gasteiger partial charge >= 0.3 is 0 Å². The lowest BCUT2D eigenvalue weighted by Gasteiger charge is -2.22. The number of hydrogen-bond donors (Lipinski definition) is 2. The van der Waals surface area contributed by atoms with Crippen LogP contribution in [0.5, 0.6) is 0 Å². The Hall–Kier alpha value is -3.02. The van der Waals surface area contributed by atoms with Crippen molar-refractivity contribution in [1.29, 1.82) is 0 Å². The number of benzene rings is 1. The van der Waals surface area contributed by atoms with E-state index in [1.165, 1.54) is 10.2 Å². The fourth-order valence-corrected chi connectivity index (χ4v) is 3.40. The maximum atomic E-state index is 12.7. The molecule has 28 heavy (non-hydrogen) atoms. The zero-order valence-electron chi connectivity index (χ0n) is 17.6. The molecule has 6 nitrogen and oxygen atoms in total. The Morgan fingerprint density at radius 2 is 1.93 bits per heavy atom. The van der Waals surface area contributed by atoms with Crippen LogP contribution in [0.3, 0.4) is 0 Å². The number of H-pyrrole nitrogens is 1. The Labute approximate surface area is 165 Å². The summed E-state index contributed by atoms with van der Waals surface area (Å²) in [5, 5.41) is 6.65. The molecule has 1 aromatic carbocycles. The standard InChI is InChI=1S/C22H29N5O/c1-8-26(9-2)17-10-11-18(14(5)12-17)24-20-19(13(3)4)25-27-21(20)23-16(7)15(6)22(27)28/h10-12,24-25H,3,8-9H2,1-2,4-7H3. The van der Waals surface area contributed by atoms with Crippen molar-refractivity contribution >= 4 is 28.3 Å². The van der Waals surface area contributed by atoms with Crippen LogP contribution in [0.4, 0.5) is 17.1 Å². The van der Waals surface area contributed by atoms with Crippen molar-refractivity contribution in [3.8, 4) is 0 Å². The van der Waals surface area contributed by atoms with Crippen molar-refractivity contribution in [3.63, 3.8) is 0 Å². The van der Waals surface area contributed by atoms with Gasteiger partial charge in [-0.25, -0.2) is 4.98 Å². The second-order valence-corrected chi connectivity index (χ2v) is 7.23. The average molecular weight is 380 g/mol. The molecule has 2 heterocycles. The van der Waals surface area contributed by atoms with Crippen LogP contribution in [-0.2, 0) is 0 Å². The summed E-state index contributed by atoms with van der Waals surface area (Å²) in [6.07, 6.45) is 0. The number of aryl methyl sites for hydroxylation is 2. The maximum Gasteiger partial charge on any atom is 0.275 e. The smallest absolute Gasteiger partial charge is 0.275 e. The number of hydrogen-bond acceptors (Lipinski definition) is 4. The summed E-state index contributed by atoms with van der Waals surface area (Å²) in [5.41, 5.74) is 7.55. The minimum absolute atomic E-state index is 0.0911. The van der Waals surface area contributed by atoms with Crippen LogP contribution in [0.15, 0.2) is 29.6 Å². The lowest BCUT2D eigenvalue weighted by Crippen LogP contribution is -2.21. The number of allylic oxidation sites excluding steroid dienone is 1. The number of anilines is 3. The molecule has 0 fully saturated rings. The zero-order chi connectivity index (χ0) is 20.6. The van der Waals surface area contributed by atoms with Crippen molar-refractivity contribution in [1.82, 2.24) is 14.6 Å². The molecule has 6 heteroatoms. The molecule has 0 aliphatic heterocycles. The third kappa shape index (κ3) is 3.30. The maximum absolute atomic E-state index is 12.7. The first-order chi connectivity index (χ1) is 13.3. The monoisotopic (exact) mass is 379 g/mol. The van der Waals surface area contributed by atoms with E-state index >= 15 is 0 Å². The molecule has 148 valence electrons. The Bertz CT molecular complexity index is 1100. The summed E-state index contributed by atoms with van der Waals surface area (Å²) in [4.78, 5) is 19.6. The Kier molecular flexibility index (Phi) is 5.31. The van der Waals surface area contributed by atoms with Crippen LogP contribution in [-0.4, -0.2) is 27.7 Å². The van der Waals surface area contributed by atoms with Gasteiger partial charge in [0.1, 0.15) is 5.69 Å². The minimum Gasteiger partial charge on any atom is -0.372 e. The van der Waals surface area contributed by atoms with E-state index in [2.05, 4.69) is 65.8 Å². The van der Waals surface area contributed by atoms with Gasteiger partial charge in [-0.1, -0.05) is 6.58 Å². The van der Waals surface area contributed by atoms with Crippen molar-refractivity contribution in [2.45, 2.75) is 41.5 Å². The Balaban J connectivity index is 2.13. The van der Waals surface area contributed by atoms with Gasteiger partial charge in [0.15, 0.2) is 5.65 Å². The van der Waals surface area contributed by atoms with E-state index in [0.717, 1.165) is 47.0 Å². The molecule has 0 atom stereocenters. The average Bonchev–Trinajstić information content (AvgIpc) is 3.01. The third-order valence-electron chi connectivity index (χ3n) is 5.27. The first-order valence-corrected chi connectivity index (χ1v) is 9.68. The number of nitrogens with zero attached hydrogens (tertiary/aromatic N) is 3. The molecular formula is C22H29N5O. The molecule has 0 aliphatic carbocycles. The Morgan fingerprint density at radius 1 is 1.25 bits per heavy atom. The van der Waals surface area contributed by atoms with Gasteiger partial charge in [-0.15, -0.1) is 0 Å². The van der Waals surface area contributed by atoms with Gasteiger partial charge < -0.3 is 10.2 Å². The molecule has 0 amide bonds. The molecule has 0 saturated heterocycles. The van der Waals surface area contributed by atoms with Gasteiger partial charge in [0.2, 0.25) is 0 Å². The van der Waals surface area contributed by atoms with Crippen LogP contribution >= 0.6 is 0 Å². The third-order valence-corrected chi connectivity index (χ3v) is 5.27. The fraction of sp³-hybridized carbons (Fsp3) is 0.364. The minimum atomic E-state index is -0.0911.